The molecule has 0 aromatic heterocycles. The van der Waals surface area contributed by atoms with Gasteiger partial charge in [-0.1, -0.05) is 24.8 Å². The van der Waals surface area contributed by atoms with Crippen LogP contribution in [0, 0.1) is 0 Å². The Morgan fingerprint density at radius 3 is 2.37 bits per heavy atom. The van der Waals surface area contributed by atoms with Crippen LogP contribution in [0.4, 0.5) is 0 Å². The second-order valence-electron chi connectivity index (χ2n) is 7.09. The molecule has 0 aliphatic carbocycles. The van der Waals surface area contributed by atoms with E-state index in [4.69, 9.17) is 4.74 Å². The van der Waals surface area contributed by atoms with Gasteiger partial charge in [0.15, 0.2) is 0 Å². The maximum atomic E-state index is 12.7. The van der Waals surface area contributed by atoms with E-state index >= 15 is 0 Å². The van der Waals surface area contributed by atoms with Crippen molar-refractivity contribution in [3.05, 3.63) is 42.0 Å². The molecule has 3 aliphatic rings. The molecule has 2 saturated heterocycles. The van der Waals surface area contributed by atoms with E-state index in [2.05, 4.69) is 6.58 Å². The topological polar surface area (TPSA) is 70.2 Å². The number of ether oxygens (including phenoxy) is 1. The number of carbonyl (C=O) groups is 3. The molecule has 1 aromatic rings. The standard InChI is InChI=1S/C20H23N3O4/c1-14-15-5-2-3-6-16(15)19(25)23(14)13-18(24)21-8-10-22(11-9-21)20(26)17-7-4-12-27-17/h2-3,5-6,17H,1,4,7-13H2. The predicted molar refractivity (Wildman–Crippen MR) is 98.6 cm³/mol. The molecule has 142 valence electrons. The van der Waals surface area contributed by atoms with Gasteiger partial charge in [-0.2, -0.15) is 0 Å². The van der Waals surface area contributed by atoms with E-state index in [-0.39, 0.29) is 30.4 Å². The molecular weight excluding hydrogens is 346 g/mol. The lowest BCUT2D eigenvalue weighted by Crippen LogP contribution is -2.54. The molecule has 3 amide bonds. The van der Waals surface area contributed by atoms with Crippen molar-refractivity contribution in [2.75, 3.05) is 39.3 Å². The van der Waals surface area contributed by atoms with Gasteiger partial charge < -0.3 is 14.5 Å². The first-order valence-corrected chi connectivity index (χ1v) is 9.34. The Bertz CT molecular complexity index is 757. The molecule has 0 radical (unpaired) electrons. The number of hydrogen-bond donors (Lipinski definition) is 0. The van der Waals surface area contributed by atoms with Crippen LogP contribution in [0.1, 0.15) is 28.8 Å². The summed E-state index contributed by atoms with van der Waals surface area (Å²) in [6.07, 6.45) is 1.37. The highest BCUT2D eigenvalue weighted by Crippen LogP contribution is 2.31. The molecule has 7 heteroatoms. The fourth-order valence-electron chi connectivity index (χ4n) is 3.89. The maximum absolute atomic E-state index is 12.7. The van der Waals surface area contributed by atoms with Gasteiger partial charge in [-0.3, -0.25) is 19.3 Å². The predicted octanol–water partition coefficient (Wildman–Crippen LogP) is 0.963. The number of piperazine rings is 1. The lowest BCUT2D eigenvalue weighted by molar-refractivity contribution is -0.146. The molecule has 1 atom stereocenters. The number of amides is 3. The number of hydrogen-bond acceptors (Lipinski definition) is 4. The maximum Gasteiger partial charge on any atom is 0.259 e. The van der Waals surface area contributed by atoms with Gasteiger partial charge in [0.25, 0.3) is 11.8 Å². The van der Waals surface area contributed by atoms with E-state index in [1.807, 2.05) is 12.1 Å². The Hall–Kier alpha value is -2.67. The molecule has 2 fully saturated rings. The number of carbonyl (C=O) groups excluding carboxylic acids is 3. The molecule has 1 aromatic carbocycles. The van der Waals surface area contributed by atoms with Crippen LogP contribution in [0.15, 0.2) is 30.8 Å². The van der Waals surface area contributed by atoms with E-state index in [0.717, 1.165) is 18.4 Å². The van der Waals surface area contributed by atoms with Crippen molar-refractivity contribution in [3.63, 3.8) is 0 Å². The minimum absolute atomic E-state index is 0.0218. The summed E-state index contributed by atoms with van der Waals surface area (Å²) >= 11 is 0. The molecular formula is C20H23N3O4. The summed E-state index contributed by atoms with van der Waals surface area (Å²) in [6, 6.07) is 7.25. The van der Waals surface area contributed by atoms with E-state index in [1.165, 1.54) is 4.90 Å². The van der Waals surface area contributed by atoms with Crippen molar-refractivity contribution in [2.24, 2.45) is 0 Å². The van der Waals surface area contributed by atoms with Crippen molar-refractivity contribution >= 4 is 23.4 Å². The van der Waals surface area contributed by atoms with Gasteiger partial charge >= 0.3 is 0 Å². The molecule has 0 N–H and O–H groups in total. The SMILES string of the molecule is C=C1c2ccccc2C(=O)N1CC(=O)N1CCN(C(=O)C2CCCO2)CC1. The van der Waals surface area contributed by atoms with Gasteiger partial charge in [-0.25, -0.2) is 0 Å². The third-order valence-electron chi connectivity index (χ3n) is 5.48. The second-order valence-corrected chi connectivity index (χ2v) is 7.09. The third kappa shape index (κ3) is 3.23. The first-order valence-electron chi connectivity index (χ1n) is 9.34. The van der Waals surface area contributed by atoms with Gasteiger partial charge in [0.05, 0.1) is 0 Å². The van der Waals surface area contributed by atoms with Gasteiger partial charge in [0.1, 0.15) is 12.6 Å². The average molecular weight is 369 g/mol. The lowest BCUT2D eigenvalue weighted by atomic mass is 10.1. The van der Waals surface area contributed by atoms with Crippen molar-refractivity contribution in [1.29, 1.82) is 0 Å². The molecule has 0 bridgehead atoms. The fourth-order valence-corrected chi connectivity index (χ4v) is 3.89. The summed E-state index contributed by atoms with van der Waals surface area (Å²) in [5, 5.41) is 0. The zero-order valence-electron chi connectivity index (χ0n) is 15.2. The van der Waals surface area contributed by atoms with Crippen LogP contribution in [-0.4, -0.2) is 77.9 Å². The Morgan fingerprint density at radius 1 is 1.07 bits per heavy atom. The Balaban J connectivity index is 1.33. The van der Waals surface area contributed by atoms with Crippen LogP contribution in [0.2, 0.25) is 0 Å². The zero-order valence-corrected chi connectivity index (χ0v) is 15.2. The quantitative estimate of drug-likeness (QED) is 0.796. The molecule has 3 aliphatic heterocycles. The van der Waals surface area contributed by atoms with E-state index < -0.39 is 0 Å². The van der Waals surface area contributed by atoms with Crippen LogP contribution >= 0.6 is 0 Å². The normalized spacial score (nSPS) is 22.4. The second kappa shape index (κ2) is 7.15. The van der Waals surface area contributed by atoms with Crippen LogP contribution in [0.25, 0.3) is 5.70 Å². The van der Waals surface area contributed by atoms with Crippen molar-refractivity contribution in [1.82, 2.24) is 14.7 Å². The molecule has 3 heterocycles. The number of rotatable bonds is 3. The van der Waals surface area contributed by atoms with Crippen molar-refractivity contribution in [3.8, 4) is 0 Å². The van der Waals surface area contributed by atoms with Crippen LogP contribution in [0.3, 0.4) is 0 Å². The smallest absolute Gasteiger partial charge is 0.259 e. The molecule has 1 unspecified atom stereocenters. The summed E-state index contributed by atoms with van der Waals surface area (Å²) in [4.78, 5) is 42.6. The minimum atomic E-state index is -0.323. The van der Waals surface area contributed by atoms with Gasteiger partial charge in [-0.05, 0) is 18.9 Å². The lowest BCUT2D eigenvalue weighted by Gasteiger charge is -2.36. The fraction of sp³-hybridized carbons (Fsp3) is 0.450. The van der Waals surface area contributed by atoms with Gasteiger partial charge in [0.2, 0.25) is 5.91 Å². The molecule has 0 saturated carbocycles. The monoisotopic (exact) mass is 369 g/mol. The first kappa shape index (κ1) is 17.7. The molecule has 4 rings (SSSR count). The first-order chi connectivity index (χ1) is 13.1. The highest BCUT2D eigenvalue weighted by atomic mass is 16.5. The van der Waals surface area contributed by atoms with E-state index in [1.54, 1.807) is 21.9 Å². The van der Waals surface area contributed by atoms with E-state index in [0.29, 0.717) is 44.0 Å². The summed E-state index contributed by atoms with van der Waals surface area (Å²) in [7, 11) is 0. The van der Waals surface area contributed by atoms with Crippen LogP contribution in [-0.2, 0) is 14.3 Å². The molecule has 7 nitrogen and oxygen atoms in total. The summed E-state index contributed by atoms with van der Waals surface area (Å²) in [6.45, 7) is 6.54. The highest BCUT2D eigenvalue weighted by molar-refractivity contribution is 6.10. The number of nitrogens with zero attached hydrogens (tertiary/aromatic N) is 3. The largest absolute Gasteiger partial charge is 0.368 e. The third-order valence-corrected chi connectivity index (χ3v) is 5.48. The summed E-state index contributed by atoms with van der Waals surface area (Å²) in [5.41, 5.74) is 1.93. The van der Waals surface area contributed by atoms with Crippen LogP contribution in [0.5, 0.6) is 0 Å². The Kier molecular flexibility index (Phi) is 4.70. The average Bonchev–Trinajstić information content (AvgIpc) is 3.32. The number of benzene rings is 1. The van der Waals surface area contributed by atoms with Crippen molar-refractivity contribution < 1.29 is 19.1 Å². The van der Waals surface area contributed by atoms with E-state index in [9.17, 15) is 14.4 Å². The van der Waals surface area contributed by atoms with Crippen molar-refractivity contribution in [2.45, 2.75) is 18.9 Å². The van der Waals surface area contributed by atoms with Crippen LogP contribution < -0.4 is 0 Å². The molecule has 0 spiro atoms. The summed E-state index contributed by atoms with van der Waals surface area (Å²) in [5.74, 6) is -0.282. The molecule has 27 heavy (non-hydrogen) atoms. The summed E-state index contributed by atoms with van der Waals surface area (Å²) < 4.78 is 5.46. The highest BCUT2D eigenvalue weighted by Gasteiger charge is 2.35. The van der Waals surface area contributed by atoms with Gasteiger partial charge in [0, 0.05) is 49.6 Å². The Morgan fingerprint density at radius 2 is 1.74 bits per heavy atom. The number of fused-ring (bicyclic) bond motifs is 1. The minimum Gasteiger partial charge on any atom is -0.368 e. The Labute approximate surface area is 158 Å². The zero-order chi connectivity index (χ0) is 19.0. The van der Waals surface area contributed by atoms with Gasteiger partial charge in [-0.15, -0.1) is 0 Å².